The van der Waals surface area contributed by atoms with Crippen LogP contribution in [0.25, 0.3) is 0 Å². The summed E-state index contributed by atoms with van der Waals surface area (Å²) in [6, 6.07) is 11.3. The van der Waals surface area contributed by atoms with Gasteiger partial charge < -0.3 is 19.7 Å². The lowest BCUT2D eigenvalue weighted by Gasteiger charge is -2.32. The van der Waals surface area contributed by atoms with Crippen molar-refractivity contribution in [1.29, 1.82) is 0 Å². The molecular formula is C25H32BrN3O6S. The van der Waals surface area contributed by atoms with Crippen LogP contribution in [0, 0.1) is 5.92 Å². The molecule has 0 fully saturated rings. The fourth-order valence-corrected chi connectivity index (χ4v) is 4.73. The fraction of sp³-hybridized carbons (Fsp3) is 0.440. The third-order valence-electron chi connectivity index (χ3n) is 5.61. The van der Waals surface area contributed by atoms with Gasteiger partial charge in [-0.3, -0.25) is 13.9 Å². The van der Waals surface area contributed by atoms with Gasteiger partial charge in [-0.2, -0.15) is 0 Å². The first-order chi connectivity index (χ1) is 17.0. The fourth-order valence-electron chi connectivity index (χ4n) is 3.62. The average molecular weight is 583 g/mol. The van der Waals surface area contributed by atoms with E-state index in [1.54, 1.807) is 25.1 Å². The second-order valence-corrected chi connectivity index (χ2v) is 11.9. The molecule has 2 aromatic rings. The number of hydrogen-bond donors (Lipinski definition) is 1. The van der Waals surface area contributed by atoms with Gasteiger partial charge >= 0.3 is 0 Å². The highest BCUT2D eigenvalue weighted by atomic mass is 79.9. The van der Waals surface area contributed by atoms with Gasteiger partial charge in [0, 0.05) is 23.6 Å². The zero-order valence-electron chi connectivity index (χ0n) is 20.9. The molecule has 0 aliphatic carbocycles. The van der Waals surface area contributed by atoms with E-state index in [1.807, 2.05) is 38.1 Å². The first-order valence-electron chi connectivity index (χ1n) is 11.6. The third kappa shape index (κ3) is 7.36. The Morgan fingerprint density at radius 3 is 2.28 bits per heavy atom. The quantitative estimate of drug-likeness (QED) is 0.462. The standard InChI is InChI=1S/C25H32BrN3O6S/c1-17(2)14-27-25(31)18(3)28(15-19-5-7-20(26)8-6-19)24(30)16-29(36(4,32)33)21-9-10-22-23(13-21)35-12-11-34-22/h5-10,13,17-18H,11-12,14-16H2,1-4H3,(H,27,31)/t18-/m0/s1. The zero-order valence-corrected chi connectivity index (χ0v) is 23.3. The van der Waals surface area contributed by atoms with Crippen LogP contribution >= 0.6 is 15.9 Å². The van der Waals surface area contributed by atoms with Crippen LogP contribution in [0.5, 0.6) is 11.5 Å². The van der Waals surface area contributed by atoms with E-state index in [0.29, 0.717) is 31.3 Å². The number of halogens is 1. The number of nitrogens with one attached hydrogen (secondary N) is 1. The molecule has 1 N–H and O–H groups in total. The highest BCUT2D eigenvalue weighted by Crippen LogP contribution is 2.34. The smallest absolute Gasteiger partial charge is 0.244 e. The van der Waals surface area contributed by atoms with Gasteiger partial charge in [-0.25, -0.2) is 8.42 Å². The van der Waals surface area contributed by atoms with E-state index in [0.717, 1.165) is 20.6 Å². The normalized spacial score (nSPS) is 13.7. The van der Waals surface area contributed by atoms with E-state index >= 15 is 0 Å². The lowest BCUT2D eigenvalue weighted by Crippen LogP contribution is -2.51. The van der Waals surface area contributed by atoms with Crippen LogP contribution in [0.4, 0.5) is 5.69 Å². The number of anilines is 1. The lowest BCUT2D eigenvalue weighted by molar-refractivity contribution is -0.139. The Hall–Kier alpha value is -2.79. The van der Waals surface area contributed by atoms with Crippen molar-refractivity contribution in [3.8, 4) is 11.5 Å². The van der Waals surface area contributed by atoms with Crippen molar-refractivity contribution in [2.45, 2.75) is 33.4 Å². The summed E-state index contributed by atoms with van der Waals surface area (Å²) in [5.41, 5.74) is 1.08. The molecule has 9 nitrogen and oxygen atoms in total. The van der Waals surface area contributed by atoms with E-state index in [-0.39, 0.29) is 24.1 Å². The Kier molecular flexibility index (Phi) is 9.24. The van der Waals surface area contributed by atoms with E-state index in [9.17, 15) is 18.0 Å². The minimum Gasteiger partial charge on any atom is -0.486 e. The molecule has 3 rings (SSSR count). The van der Waals surface area contributed by atoms with E-state index in [1.165, 1.54) is 4.90 Å². The van der Waals surface area contributed by atoms with E-state index in [4.69, 9.17) is 9.47 Å². The Morgan fingerprint density at radius 2 is 1.67 bits per heavy atom. The summed E-state index contributed by atoms with van der Waals surface area (Å²) in [6.07, 6.45) is 1.04. The third-order valence-corrected chi connectivity index (χ3v) is 7.28. The molecule has 0 radical (unpaired) electrons. The molecule has 0 spiro atoms. The van der Waals surface area contributed by atoms with Crippen molar-refractivity contribution < 1.29 is 27.5 Å². The molecule has 0 aromatic heterocycles. The number of rotatable bonds is 10. The van der Waals surface area contributed by atoms with Gasteiger partial charge in [0.25, 0.3) is 0 Å². The molecule has 0 saturated heterocycles. The number of amides is 2. The summed E-state index contributed by atoms with van der Waals surface area (Å²) in [7, 11) is -3.84. The van der Waals surface area contributed by atoms with Crippen LogP contribution in [-0.4, -0.2) is 63.7 Å². The number of carbonyl (C=O) groups excluding carboxylic acids is 2. The minimum absolute atomic E-state index is 0.140. The predicted octanol–water partition coefficient (Wildman–Crippen LogP) is 3.18. The van der Waals surface area contributed by atoms with Crippen molar-refractivity contribution in [3.63, 3.8) is 0 Å². The summed E-state index contributed by atoms with van der Waals surface area (Å²) in [5.74, 6) is 0.350. The second-order valence-electron chi connectivity index (χ2n) is 9.06. The molecule has 196 valence electrons. The largest absolute Gasteiger partial charge is 0.486 e. The Morgan fingerprint density at radius 1 is 1.03 bits per heavy atom. The number of sulfonamides is 1. The van der Waals surface area contributed by atoms with Crippen molar-refractivity contribution in [2.75, 3.05) is 36.9 Å². The molecule has 1 aliphatic rings. The van der Waals surface area contributed by atoms with Gasteiger partial charge in [-0.05, 0) is 42.7 Å². The van der Waals surface area contributed by atoms with Gasteiger partial charge in [-0.1, -0.05) is 41.9 Å². The molecule has 1 aliphatic heterocycles. The molecule has 0 bridgehead atoms. The van der Waals surface area contributed by atoms with E-state index < -0.39 is 28.5 Å². The molecule has 36 heavy (non-hydrogen) atoms. The molecule has 11 heteroatoms. The Balaban J connectivity index is 1.89. The average Bonchev–Trinajstić information content (AvgIpc) is 2.83. The predicted molar refractivity (Wildman–Crippen MR) is 142 cm³/mol. The summed E-state index contributed by atoms with van der Waals surface area (Å²) in [4.78, 5) is 27.9. The van der Waals surface area contributed by atoms with Crippen LogP contribution in [0.3, 0.4) is 0 Å². The van der Waals surface area contributed by atoms with Crippen molar-refractivity contribution >= 4 is 43.5 Å². The lowest BCUT2D eigenvalue weighted by atomic mass is 10.1. The first-order valence-corrected chi connectivity index (χ1v) is 14.3. The number of carbonyl (C=O) groups is 2. The van der Waals surface area contributed by atoms with E-state index in [2.05, 4.69) is 21.2 Å². The molecule has 2 aromatic carbocycles. The Labute approximate surface area is 220 Å². The van der Waals surface area contributed by atoms with Crippen LogP contribution < -0.4 is 19.1 Å². The minimum atomic E-state index is -3.84. The monoisotopic (exact) mass is 581 g/mol. The number of benzene rings is 2. The van der Waals surface area contributed by atoms with Gasteiger partial charge in [0.05, 0.1) is 11.9 Å². The summed E-state index contributed by atoms with van der Waals surface area (Å²) < 4.78 is 38.5. The van der Waals surface area contributed by atoms with Crippen LogP contribution in [0.15, 0.2) is 46.9 Å². The van der Waals surface area contributed by atoms with Crippen molar-refractivity contribution in [3.05, 3.63) is 52.5 Å². The van der Waals surface area contributed by atoms with Crippen molar-refractivity contribution in [2.24, 2.45) is 5.92 Å². The van der Waals surface area contributed by atoms with Gasteiger partial charge in [0.2, 0.25) is 21.8 Å². The maximum absolute atomic E-state index is 13.6. The van der Waals surface area contributed by atoms with Crippen LogP contribution in [0.1, 0.15) is 26.3 Å². The van der Waals surface area contributed by atoms with Gasteiger partial charge in [-0.15, -0.1) is 0 Å². The number of hydrogen-bond acceptors (Lipinski definition) is 6. The number of nitrogens with zero attached hydrogens (tertiary/aromatic N) is 2. The molecule has 2 amide bonds. The molecule has 0 saturated carbocycles. The molecule has 0 unspecified atom stereocenters. The highest BCUT2D eigenvalue weighted by Gasteiger charge is 2.30. The topological polar surface area (TPSA) is 105 Å². The second kappa shape index (κ2) is 12.0. The highest BCUT2D eigenvalue weighted by molar-refractivity contribution is 9.10. The molecular weight excluding hydrogens is 550 g/mol. The Bertz CT molecular complexity index is 1190. The molecule has 1 atom stereocenters. The maximum atomic E-state index is 13.6. The number of ether oxygens (including phenoxy) is 2. The first kappa shape index (κ1) is 27.8. The maximum Gasteiger partial charge on any atom is 0.244 e. The van der Waals surface area contributed by atoms with Crippen LogP contribution in [-0.2, 0) is 26.2 Å². The zero-order chi connectivity index (χ0) is 26.5. The SMILES string of the molecule is CC(C)CNC(=O)[C@H](C)N(Cc1ccc(Br)cc1)C(=O)CN(c1ccc2c(c1)OCCO2)S(C)(=O)=O. The van der Waals surface area contributed by atoms with Gasteiger partial charge in [0.1, 0.15) is 25.8 Å². The molecule has 1 heterocycles. The van der Waals surface area contributed by atoms with Crippen molar-refractivity contribution in [1.82, 2.24) is 10.2 Å². The summed E-state index contributed by atoms with van der Waals surface area (Å²) >= 11 is 3.40. The van der Waals surface area contributed by atoms with Crippen LogP contribution in [0.2, 0.25) is 0 Å². The van der Waals surface area contributed by atoms with Gasteiger partial charge in [0.15, 0.2) is 11.5 Å². The summed E-state index contributed by atoms with van der Waals surface area (Å²) in [5, 5.41) is 2.86. The summed E-state index contributed by atoms with van der Waals surface area (Å²) in [6.45, 7) is 6.48. The number of fused-ring (bicyclic) bond motifs is 1.